The smallest absolute Gasteiger partial charge is 0.400 e. The predicted molar refractivity (Wildman–Crippen MR) is 74.0 cm³/mol. The highest BCUT2D eigenvalue weighted by molar-refractivity contribution is 6.55. The van der Waals surface area contributed by atoms with Gasteiger partial charge in [-0.05, 0) is 58.3 Å². The molecule has 1 fully saturated rings. The Hall–Kier alpha value is -1.13. The molecule has 1 saturated heterocycles. The summed E-state index contributed by atoms with van der Waals surface area (Å²) in [4.78, 5) is 4.28. The lowest BCUT2D eigenvalue weighted by atomic mass is 9.79. The third-order valence-corrected chi connectivity index (χ3v) is 3.69. The Balaban J connectivity index is 2.18. The molecule has 0 unspecified atom stereocenters. The molecule has 18 heavy (non-hydrogen) atoms. The van der Waals surface area contributed by atoms with E-state index in [2.05, 4.69) is 32.7 Å². The van der Waals surface area contributed by atoms with Crippen molar-refractivity contribution >= 4 is 13.2 Å². The molecule has 0 N–H and O–H groups in total. The van der Waals surface area contributed by atoms with Crippen LogP contribution in [0.4, 0.5) is 0 Å². The maximum atomic E-state index is 5.98. The van der Waals surface area contributed by atoms with Crippen LogP contribution < -0.4 is 0 Å². The van der Waals surface area contributed by atoms with Crippen LogP contribution in [-0.2, 0) is 9.31 Å². The van der Waals surface area contributed by atoms with Gasteiger partial charge in [-0.15, -0.1) is 0 Å². The van der Waals surface area contributed by atoms with E-state index in [9.17, 15) is 0 Å². The predicted octanol–water partition coefficient (Wildman–Crippen LogP) is 3.12. The number of allylic oxidation sites excluding steroid dienone is 1. The van der Waals surface area contributed by atoms with Crippen molar-refractivity contribution in [3.63, 3.8) is 0 Å². The molecule has 0 radical (unpaired) electrons. The fraction of sp³-hybridized carbons (Fsp3) is 0.500. The van der Waals surface area contributed by atoms with Crippen molar-refractivity contribution in [2.24, 2.45) is 0 Å². The molecule has 0 atom stereocenters. The number of hydrogen-bond donors (Lipinski definition) is 0. The Bertz CT molecular complexity index is 438. The second kappa shape index (κ2) is 4.52. The average Bonchev–Trinajstić information content (AvgIpc) is 2.50. The van der Waals surface area contributed by atoms with E-state index in [-0.39, 0.29) is 18.3 Å². The van der Waals surface area contributed by atoms with Crippen molar-refractivity contribution < 1.29 is 9.31 Å². The first-order chi connectivity index (χ1) is 8.32. The van der Waals surface area contributed by atoms with Gasteiger partial charge in [0.2, 0.25) is 0 Å². The van der Waals surface area contributed by atoms with Gasteiger partial charge >= 0.3 is 7.12 Å². The Morgan fingerprint density at radius 2 is 1.78 bits per heavy atom. The van der Waals surface area contributed by atoms with Crippen molar-refractivity contribution in [3.05, 3.63) is 35.6 Å². The highest BCUT2D eigenvalue weighted by atomic mass is 16.7. The molecule has 1 aromatic rings. The molecule has 0 amide bonds. The van der Waals surface area contributed by atoms with Gasteiger partial charge in [0.1, 0.15) is 0 Å². The maximum absolute atomic E-state index is 5.98. The van der Waals surface area contributed by atoms with Crippen LogP contribution in [0.5, 0.6) is 0 Å². The topological polar surface area (TPSA) is 31.4 Å². The minimum atomic E-state index is -0.295. The third kappa shape index (κ3) is 2.50. The second-order valence-electron chi connectivity index (χ2n) is 5.73. The van der Waals surface area contributed by atoms with E-state index >= 15 is 0 Å². The molecule has 0 saturated carbocycles. The van der Waals surface area contributed by atoms with Crippen molar-refractivity contribution in [1.82, 2.24) is 4.98 Å². The first-order valence-corrected chi connectivity index (χ1v) is 6.27. The monoisotopic (exact) mass is 245 g/mol. The summed E-state index contributed by atoms with van der Waals surface area (Å²) in [5, 5.41) is 0. The van der Waals surface area contributed by atoms with Crippen molar-refractivity contribution in [3.8, 4) is 0 Å². The Labute approximate surface area is 109 Å². The van der Waals surface area contributed by atoms with E-state index in [1.54, 1.807) is 6.20 Å². The van der Waals surface area contributed by atoms with Gasteiger partial charge in [0.05, 0.1) is 16.9 Å². The summed E-state index contributed by atoms with van der Waals surface area (Å²) in [6, 6.07) is 5.84. The van der Waals surface area contributed by atoms with Crippen LogP contribution in [-0.4, -0.2) is 23.3 Å². The number of hydrogen-bond acceptors (Lipinski definition) is 3. The second-order valence-corrected chi connectivity index (χ2v) is 5.73. The van der Waals surface area contributed by atoms with Crippen LogP contribution in [0.25, 0.3) is 6.08 Å². The zero-order valence-electron chi connectivity index (χ0n) is 11.7. The highest BCUT2D eigenvalue weighted by Crippen LogP contribution is 2.38. The minimum Gasteiger partial charge on any atom is -0.400 e. The lowest BCUT2D eigenvalue weighted by Gasteiger charge is -2.32. The normalized spacial score (nSPS) is 22.3. The molecule has 1 aliphatic rings. The van der Waals surface area contributed by atoms with Crippen molar-refractivity contribution in [1.29, 1.82) is 0 Å². The molecule has 3 nitrogen and oxygen atoms in total. The van der Waals surface area contributed by atoms with Crippen LogP contribution in [0.2, 0.25) is 0 Å². The van der Waals surface area contributed by atoms with Crippen LogP contribution in [0.15, 0.2) is 29.9 Å². The quantitative estimate of drug-likeness (QED) is 0.750. The molecule has 1 aliphatic heterocycles. The van der Waals surface area contributed by atoms with E-state index < -0.39 is 0 Å². The molecule has 4 heteroatoms. The fourth-order valence-corrected chi connectivity index (χ4v) is 1.79. The zero-order chi connectivity index (χ0) is 13.4. The van der Waals surface area contributed by atoms with Gasteiger partial charge in [-0.25, -0.2) is 0 Å². The van der Waals surface area contributed by atoms with Gasteiger partial charge in [-0.3, -0.25) is 4.98 Å². The van der Waals surface area contributed by atoms with Gasteiger partial charge in [0, 0.05) is 6.20 Å². The molecule has 96 valence electrons. The molecule has 0 spiro atoms. The van der Waals surface area contributed by atoms with Crippen molar-refractivity contribution in [2.75, 3.05) is 0 Å². The molecule has 0 bridgehead atoms. The number of pyridine rings is 1. The summed E-state index contributed by atoms with van der Waals surface area (Å²) in [6.45, 7) is 10.2. The SMILES string of the molecule is C/C(=C\c1ccccn1)B1OC(C)(C)C(C)(C)O1. The maximum Gasteiger partial charge on any atom is 0.490 e. The summed E-state index contributed by atoms with van der Waals surface area (Å²) in [6.07, 6.45) is 3.78. The summed E-state index contributed by atoms with van der Waals surface area (Å²) < 4.78 is 12.0. The zero-order valence-corrected chi connectivity index (χ0v) is 11.7. The number of aromatic nitrogens is 1. The average molecular weight is 245 g/mol. The van der Waals surface area contributed by atoms with Gasteiger partial charge in [-0.1, -0.05) is 6.07 Å². The van der Waals surface area contributed by atoms with Crippen molar-refractivity contribution in [2.45, 2.75) is 45.8 Å². The van der Waals surface area contributed by atoms with Crippen LogP contribution >= 0.6 is 0 Å². The van der Waals surface area contributed by atoms with E-state index in [4.69, 9.17) is 9.31 Å². The van der Waals surface area contributed by atoms with Crippen LogP contribution in [0.3, 0.4) is 0 Å². The summed E-state index contributed by atoms with van der Waals surface area (Å²) in [5.41, 5.74) is 1.37. The summed E-state index contributed by atoms with van der Waals surface area (Å²) in [7, 11) is -0.294. The first-order valence-electron chi connectivity index (χ1n) is 6.27. The summed E-state index contributed by atoms with van der Waals surface area (Å²) >= 11 is 0. The van der Waals surface area contributed by atoms with Crippen LogP contribution in [0, 0.1) is 0 Å². The Morgan fingerprint density at radius 1 is 1.17 bits per heavy atom. The lowest BCUT2D eigenvalue weighted by Crippen LogP contribution is -2.41. The van der Waals surface area contributed by atoms with E-state index in [1.807, 2.05) is 31.2 Å². The molecule has 2 heterocycles. The van der Waals surface area contributed by atoms with E-state index in [0.717, 1.165) is 11.2 Å². The number of nitrogens with zero attached hydrogens (tertiary/aromatic N) is 1. The first kappa shape index (κ1) is 13.3. The molecule has 2 rings (SSSR count). The largest absolute Gasteiger partial charge is 0.490 e. The Kier molecular flexibility index (Phi) is 3.34. The van der Waals surface area contributed by atoms with E-state index in [1.165, 1.54) is 0 Å². The van der Waals surface area contributed by atoms with Gasteiger partial charge in [-0.2, -0.15) is 0 Å². The highest BCUT2D eigenvalue weighted by Gasteiger charge is 2.51. The van der Waals surface area contributed by atoms with E-state index in [0.29, 0.717) is 0 Å². The molecular weight excluding hydrogens is 225 g/mol. The van der Waals surface area contributed by atoms with Crippen LogP contribution in [0.1, 0.15) is 40.3 Å². The lowest BCUT2D eigenvalue weighted by molar-refractivity contribution is 0.00578. The van der Waals surface area contributed by atoms with Gasteiger partial charge in [0.15, 0.2) is 0 Å². The number of rotatable bonds is 2. The van der Waals surface area contributed by atoms with Gasteiger partial charge in [0.25, 0.3) is 0 Å². The molecule has 0 aliphatic carbocycles. The molecule has 0 aromatic carbocycles. The third-order valence-electron chi connectivity index (χ3n) is 3.69. The van der Waals surface area contributed by atoms with Gasteiger partial charge < -0.3 is 9.31 Å². The summed E-state index contributed by atoms with van der Waals surface area (Å²) in [5.74, 6) is 0. The molecule has 1 aromatic heterocycles. The fourth-order valence-electron chi connectivity index (χ4n) is 1.79. The Morgan fingerprint density at radius 3 is 2.28 bits per heavy atom. The minimum absolute atomic E-state index is 0.294. The standard InChI is InChI=1S/C14H20BNO2/c1-11(10-12-8-6-7-9-16-12)15-17-13(2,3)14(4,5)18-15/h6-10H,1-5H3/b11-10+. The molecular formula is C14H20BNO2.